The summed E-state index contributed by atoms with van der Waals surface area (Å²) >= 11 is 6.71. The predicted octanol–water partition coefficient (Wildman–Crippen LogP) is 14.6. The number of imidazole rings is 2. The van der Waals surface area contributed by atoms with Crippen molar-refractivity contribution in [1.29, 1.82) is 0 Å². The number of anilines is 2. The molecular weight excluding hydrogens is 1280 g/mol. The van der Waals surface area contributed by atoms with Crippen LogP contribution in [0.25, 0.3) is 34.5 Å². The van der Waals surface area contributed by atoms with E-state index in [0.29, 0.717) is 67.0 Å². The van der Waals surface area contributed by atoms with Gasteiger partial charge in [-0.3, -0.25) is 14.2 Å². The van der Waals surface area contributed by atoms with Crippen molar-refractivity contribution in [1.82, 2.24) is 39.0 Å². The van der Waals surface area contributed by atoms with Crippen LogP contribution in [0.1, 0.15) is 45.2 Å². The summed E-state index contributed by atoms with van der Waals surface area (Å²) in [6.45, 7) is 1.14. The minimum absolute atomic E-state index is 0.0600. The lowest BCUT2D eigenvalue weighted by molar-refractivity contribution is -0.120. The Bertz CT molecular complexity index is 4470. The quantitative estimate of drug-likeness (QED) is 0.0647. The maximum atomic E-state index is 15.7. The zero-order valence-corrected chi connectivity index (χ0v) is 51.1. The molecule has 12 rings (SSSR count). The van der Waals surface area contributed by atoms with E-state index in [9.17, 15) is 16.8 Å². The first-order chi connectivity index (χ1) is 42.8. The van der Waals surface area contributed by atoms with Crippen LogP contribution in [0.15, 0.2) is 262 Å². The molecule has 0 saturated heterocycles. The van der Waals surface area contributed by atoms with Crippen LogP contribution in [0.2, 0.25) is 0 Å². The molecule has 0 aliphatic carbocycles. The molecule has 0 spiro atoms. The zero-order valence-electron chi connectivity index (χ0n) is 46.3. The summed E-state index contributed by atoms with van der Waals surface area (Å²) in [5.74, 6) is -0.542. The van der Waals surface area contributed by atoms with Crippen molar-refractivity contribution in [2.24, 2.45) is 0 Å². The first kappa shape index (κ1) is 58.5. The topological polar surface area (TPSA) is 215 Å². The summed E-state index contributed by atoms with van der Waals surface area (Å²) in [5.41, 5.74) is 7.59. The number of fused-ring (bicyclic) bond motifs is 2. The Morgan fingerprint density at radius 1 is 0.455 bits per heavy atom. The van der Waals surface area contributed by atoms with Gasteiger partial charge in [0.2, 0.25) is 0 Å². The van der Waals surface area contributed by atoms with Crippen LogP contribution < -0.4 is 18.9 Å². The molecule has 2 unspecified atom stereocenters. The van der Waals surface area contributed by atoms with Crippen molar-refractivity contribution in [3.63, 3.8) is 0 Å². The fourth-order valence-corrected chi connectivity index (χ4v) is 13.9. The number of ether oxygens (including phenoxy) is 2. The minimum atomic E-state index is -4.01. The molecule has 88 heavy (non-hydrogen) atoms. The number of Topliss-reactive ketones (excluding diaryl/α,β-unsaturated/α-hetero) is 1. The Balaban J connectivity index is 0.852. The van der Waals surface area contributed by atoms with Crippen molar-refractivity contribution in [3.8, 4) is 23.3 Å². The van der Waals surface area contributed by atoms with E-state index >= 15 is 4.79 Å². The number of carbonyl (C=O) groups is 1. The van der Waals surface area contributed by atoms with Crippen LogP contribution in [0.3, 0.4) is 0 Å². The zero-order chi connectivity index (χ0) is 60.6. The van der Waals surface area contributed by atoms with Crippen LogP contribution in [0.4, 0.5) is 11.4 Å². The molecule has 0 aliphatic rings. The van der Waals surface area contributed by atoms with E-state index in [4.69, 9.17) is 9.47 Å². The molecule has 4 aromatic heterocycles. The van der Waals surface area contributed by atoms with Crippen LogP contribution in [-0.4, -0.2) is 61.7 Å². The average Bonchev–Trinajstić information content (AvgIpc) is 2.71. The molecule has 0 fully saturated rings. The number of sulfonamides is 2. The second kappa shape index (κ2) is 26.0. The largest absolute Gasteiger partial charge is 0.437 e. The van der Waals surface area contributed by atoms with Crippen molar-refractivity contribution < 1.29 is 31.1 Å². The SMILES string of the molecule is O=C(C(/C=C/c1ccc(Oc2ncnc3c2ncn3Cc2ccccc2)cc1)c1ccc(NS(=O)(=O)c2ccccc2Br)cc1)C(/C=C/c1ccc(Oc2ncnc3c2ncn3Cc2ccccc2)cc1)c1ccc(NS(=O)(=O)c2ccccc2Br)cc1. The highest BCUT2D eigenvalue weighted by Crippen LogP contribution is 2.35. The van der Waals surface area contributed by atoms with Crippen molar-refractivity contribution in [2.45, 2.75) is 34.7 Å². The molecule has 0 amide bonds. The third-order valence-electron chi connectivity index (χ3n) is 14.2. The summed E-state index contributed by atoms with van der Waals surface area (Å²) < 4.78 is 76.9. The van der Waals surface area contributed by atoms with E-state index in [-0.39, 0.29) is 38.7 Å². The van der Waals surface area contributed by atoms with Gasteiger partial charge in [0.25, 0.3) is 31.8 Å². The molecule has 2 atom stereocenters. The van der Waals surface area contributed by atoms with Gasteiger partial charge in [-0.1, -0.05) is 158 Å². The first-order valence-corrected chi connectivity index (χ1v) is 32.0. The fourth-order valence-electron chi connectivity index (χ4n) is 9.79. The lowest BCUT2D eigenvalue weighted by Crippen LogP contribution is -2.19. The minimum Gasteiger partial charge on any atom is -0.437 e. The van der Waals surface area contributed by atoms with Gasteiger partial charge in [-0.2, -0.15) is 9.97 Å². The number of ketones is 1. The van der Waals surface area contributed by atoms with E-state index in [2.05, 4.69) is 71.2 Å². The number of nitrogens with zero attached hydrogens (tertiary/aromatic N) is 8. The average molecular weight is 1330 g/mol. The van der Waals surface area contributed by atoms with E-state index in [1.807, 2.05) is 106 Å². The van der Waals surface area contributed by atoms with Crippen LogP contribution >= 0.6 is 31.9 Å². The second-order valence-electron chi connectivity index (χ2n) is 20.2. The Morgan fingerprint density at radius 3 is 1.22 bits per heavy atom. The molecule has 17 nitrogen and oxygen atoms in total. The molecule has 0 radical (unpaired) electrons. The van der Waals surface area contributed by atoms with Gasteiger partial charge in [0.05, 0.1) is 37.6 Å². The molecule has 0 aliphatic heterocycles. The summed E-state index contributed by atoms with van der Waals surface area (Å²) in [4.78, 5) is 42.8. The fraction of sp³-hybridized carbons (Fsp3) is 0.0597. The molecule has 12 aromatic rings. The van der Waals surface area contributed by atoms with Gasteiger partial charge < -0.3 is 18.6 Å². The maximum Gasteiger partial charge on any atom is 0.263 e. The van der Waals surface area contributed by atoms with Gasteiger partial charge in [0.15, 0.2) is 28.1 Å². The van der Waals surface area contributed by atoms with Crippen molar-refractivity contribution in [3.05, 3.63) is 286 Å². The Morgan fingerprint density at radius 2 is 0.830 bits per heavy atom. The van der Waals surface area contributed by atoms with Crippen LogP contribution in [-0.2, 0) is 37.9 Å². The highest BCUT2D eigenvalue weighted by molar-refractivity contribution is 9.10. The Kier molecular flexibility index (Phi) is 17.2. The highest BCUT2D eigenvalue weighted by atomic mass is 79.9. The number of hydrogen-bond donors (Lipinski definition) is 2. The first-order valence-electron chi connectivity index (χ1n) is 27.4. The van der Waals surface area contributed by atoms with E-state index in [0.717, 1.165) is 22.3 Å². The number of hydrogen-bond acceptors (Lipinski definition) is 13. The highest BCUT2D eigenvalue weighted by Gasteiger charge is 2.28. The molecule has 4 heterocycles. The third kappa shape index (κ3) is 13.5. The van der Waals surface area contributed by atoms with Gasteiger partial charge in [-0.25, -0.2) is 36.8 Å². The van der Waals surface area contributed by atoms with Gasteiger partial charge in [-0.05, 0) is 138 Å². The lowest BCUT2D eigenvalue weighted by atomic mass is 9.82. The van der Waals surface area contributed by atoms with Crippen LogP contribution in [0.5, 0.6) is 23.3 Å². The van der Waals surface area contributed by atoms with E-state index in [1.165, 1.54) is 24.8 Å². The molecule has 8 aromatic carbocycles. The number of nitrogens with one attached hydrogen (secondary N) is 2. The van der Waals surface area contributed by atoms with E-state index < -0.39 is 31.9 Å². The monoisotopic (exact) mass is 1330 g/mol. The Labute approximate surface area is 523 Å². The second-order valence-corrected chi connectivity index (χ2v) is 25.2. The molecule has 0 saturated carbocycles. The number of benzene rings is 8. The number of carbonyl (C=O) groups excluding carboxylic acids is 1. The number of rotatable bonds is 22. The van der Waals surface area contributed by atoms with Gasteiger partial charge in [-0.15, -0.1) is 0 Å². The van der Waals surface area contributed by atoms with Crippen LogP contribution in [0, 0.1) is 0 Å². The van der Waals surface area contributed by atoms with Gasteiger partial charge in [0.1, 0.15) is 33.9 Å². The van der Waals surface area contributed by atoms with Gasteiger partial charge in [0, 0.05) is 20.3 Å². The number of allylic oxidation sites excluding steroid dienone is 2. The summed E-state index contributed by atoms with van der Waals surface area (Å²) in [6.07, 6.45) is 13.6. The maximum absolute atomic E-state index is 15.7. The predicted molar refractivity (Wildman–Crippen MR) is 346 cm³/mol. The summed E-state index contributed by atoms with van der Waals surface area (Å²) in [7, 11) is -8.02. The Hall–Kier alpha value is -9.93. The molecule has 2 N–H and O–H groups in total. The molecule has 0 bridgehead atoms. The van der Waals surface area contributed by atoms with Crippen molar-refractivity contribution in [2.75, 3.05) is 9.44 Å². The normalized spacial score (nSPS) is 12.6. The van der Waals surface area contributed by atoms with Crippen molar-refractivity contribution >= 4 is 104 Å². The summed E-state index contributed by atoms with van der Waals surface area (Å²) in [5, 5.41) is 0. The smallest absolute Gasteiger partial charge is 0.263 e. The van der Waals surface area contributed by atoms with Gasteiger partial charge >= 0.3 is 0 Å². The number of halogens is 2. The molecule has 21 heteroatoms. The molecular formula is C67H50Br2N10O7S2. The lowest BCUT2D eigenvalue weighted by Gasteiger charge is -2.20. The molecule has 436 valence electrons. The van der Waals surface area contributed by atoms with E-state index in [1.54, 1.807) is 134 Å². The number of aromatic nitrogens is 8. The third-order valence-corrected chi connectivity index (χ3v) is 19.0. The summed E-state index contributed by atoms with van der Waals surface area (Å²) in [6, 6.07) is 60.9. The standard InChI is InChI=1S/C67H50Br2N10O7S2/c68-57-15-7-9-17-59(57)87(81,82)76-51-29-25-49(26-30-51)55(37-23-45-19-33-53(34-20-45)85-66-61-64(70-41-72-66)78(43-74-61)39-47-11-3-1-4-12-47)63(80)56(50-27-31-52(32-28-50)77-88(83,84)60-18-10-8-16-58(60)69)38-24-46-21-35-54(36-22-46)86-67-62-65(71-42-73-67)79(44-75-62)40-48-13-5-2-6-14-48/h1-38,41-44,55-56,76-77H,39-40H2/b37-23+,38-24+.